The SMILES string of the molecule is Cc1nc(CN(C)C(=O)Cc2c(C)noc2C)nc2c1CCC(=O)N2CCc1ccccc1. The van der Waals surface area contributed by atoms with Gasteiger partial charge in [0.25, 0.3) is 0 Å². The number of amides is 2. The molecular weight excluding hydrogens is 418 g/mol. The third kappa shape index (κ3) is 4.94. The fourth-order valence-corrected chi connectivity index (χ4v) is 4.17. The molecule has 2 amide bonds. The Labute approximate surface area is 193 Å². The van der Waals surface area contributed by atoms with Crippen molar-refractivity contribution in [1.29, 1.82) is 0 Å². The Balaban J connectivity index is 1.52. The Morgan fingerprint density at radius 1 is 1.09 bits per heavy atom. The molecule has 0 aliphatic carbocycles. The van der Waals surface area contributed by atoms with Gasteiger partial charge in [-0.05, 0) is 39.2 Å². The molecule has 0 radical (unpaired) electrons. The lowest BCUT2D eigenvalue weighted by Crippen LogP contribution is -2.38. The summed E-state index contributed by atoms with van der Waals surface area (Å²) in [4.78, 5) is 38.3. The Morgan fingerprint density at radius 2 is 1.85 bits per heavy atom. The molecule has 2 aromatic heterocycles. The first-order chi connectivity index (χ1) is 15.8. The van der Waals surface area contributed by atoms with Crippen LogP contribution < -0.4 is 4.90 Å². The van der Waals surface area contributed by atoms with E-state index in [9.17, 15) is 9.59 Å². The number of carbonyl (C=O) groups is 2. The largest absolute Gasteiger partial charge is 0.361 e. The van der Waals surface area contributed by atoms with Crippen molar-refractivity contribution < 1.29 is 14.1 Å². The predicted octanol–water partition coefficient (Wildman–Crippen LogP) is 3.11. The molecule has 1 aromatic carbocycles. The summed E-state index contributed by atoms with van der Waals surface area (Å²) < 4.78 is 5.17. The molecule has 33 heavy (non-hydrogen) atoms. The number of rotatable bonds is 7. The van der Waals surface area contributed by atoms with Crippen LogP contribution >= 0.6 is 0 Å². The third-order valence-corrected chi connectivity index (χ3v) is 6.16. The summed E-state index contributed by atoms with van der Waals surface area (Å²) in [6.45, 7) is 6.40. The van der Waals surface area contributed by atoms with Crippen LogP contribution in [0.15, 0.2) is 34.9 Å². The van der Waals surface area contributed by atoms with E-state index in [0.29, 0.717) is 36.8 Å². The number of aromatic nitrogens is 3. The van der Waals surface area contributed by atoms with E-state index in [4.69, 9.17) is 9.51 Å². The van der Waals surface area contributed by atoms with Crippen molar-refractivity contribution in [3.05, 3.63) is 70.0 Å². The van der Waals surface area contributed by atoms with Gasteiger partial charge in [0.05, 0.1) is 18.7 Å². The fraction of sp³-hybridized carbons (Fsp3) is 0.400. The molecule has 0 fully saturated rings. The van der Waals surface area contributed by atoms with Crippen LogP contribution in [0, 0.1) is 20.8 Å². The van der Waals surface area contributed by atoms with E-state index in [-0.39, 0.29) is 24.8 Å². The summed E-state index contributed by atoms with van der Waals surface area (Å²) in [5.74, 6) is 1.87. The van der Waals surface area contributed by atoms with Gasteiger partial charge in [-0.1, -0.05) is 35.5 Å². The van der Waals surface area contributed by atoms with Crippen LogP contribution in [0.4, 0.5) is 5.82 Å². The van der Waals surface area contributed by atoms with Crippen LogP contribution in [0.25, 0.3) is 0 Å². The minimum absolute atomic E-state index is 0.0691. The number of nitrogens with zero attached hydrogens (tertiary/aromatic N) is 5. The molecule has 0 saturated heterocycles. The van der Waals surface area contributed by atoms with E-state index in [0.717, 1.165) is 28.9 Å². The average Bonchev–Trinajstić information content (AvgIpc) is 3.11. The topological polar surface area (TPSA) is 92.4 Å². The monoisotopic (exact) mass is 447 g/mol. The first-order valence-corrected chi connectivity index (χ1v) is 11.2. The zero-order valence-corrected chi connectivity index (χ0v) is 19.6. The summed E-state index contributed by atoms with van der Waals surface area (Å²) in [6, 6.07) is 10.1. The first kappa shape index (κ1) is 22.6. The number of fused-ring (bicyclic) bond motifs is 1. The van der Waals surface area contributed by atoms with Crippen LogP contribution in [0.2, 0.25) is 0 Å². The van der Waals surface area contributed by atoms with Gasteiger partial charge in [0.15, 0.2) is 0 Å². The maximum atomic E-state index is 12.8. The van der Waals surface area contributed by atoms with Crippen LogP contribution in [0.1, 0.15) is 46.1 Å². The van der Waals surface area contributed by atoms with E-state index < -0.39 is 0 Å². The minimum Gasteiger partial charge on any atom is -0.361 e. The molecule has 3 aromatic rings. The second-order valence-electron chi connectivity index (χ2n) is 8.54. The van der Waals surface area contributed by atoms with Gasteiger partial charge in [0.1, 0.15) is 17.4 Å². The van der Waals surface area contributed by atoms with E-state index in [2.05, 4.69) is 22.3 Å². The zero-order valence-electron chi connectivity index (χ0n) is 19.6. The quantitative estimate of drug-likeness (QED) is 0.553. The molecule has 3 heterocycles. The number of benzene rings is 1. The second kappa shape index (κ2) is 9.52. The lowest BCUT2D eigenvalue weighted by molar-refractivity contribution is -0.129. The molecule has 0 bridgehead atoms. The van der Waals surface area contributed by atoms with Crippen LogP contribution in [0.3, 0.4) is 0 Å². The van der Waals surface area contributed by atoms with Crippen molar-refractivity contribution in [3.63, 3.8) is 0 Å². The Bertz CT molecular complexity index is 1150. The second-order valence-corrected chi connectivity index (χ2v) is 8.54. The predicted molar refractivity (Wildman–Crippen MR) is 124 cm³/mol. The molecule has 1 aliphatic rings. The van der Waals surface area contributed by atoms with Crippen LogP contribution in [-0.2, 0) is 35.4 Å². The van der Waals surface area contributed by atoms with Gasteiger partial charge in [-0.25, -0.2) is 9.97 Å². The van der Waals surface area contributed by atoms with Crippen molar-refractivity contribution in [2.24, 2.45) is 0 Å². The average molecular weight is 448 g/mol. The maximum absolute atomic E-state index is 12.8. The highest BCUT2D eigenvalue weighted by Gasteiger charge is 2.28. The minimum atomic E-state index is -0.0691. The standard InChI is InChI=1S/C25H29N5O3/c1-16-20-10-11-23(31)30(13-12-19-8-6-5-7-9-19)25(20)27-22(26-16)15-29(4)24(32)14-21-17(2)28-33-18(21)3/h5-9H,10-15H2,1-4H3. The van der Waals surface area contributed by atoms with Gasteiger partial charge in [-0.3, -0.25) is 14.5 Å². The van der Waals surface area contributed by atoms with Gasteiger partial charge >= 0.3 is 0 Å². The lowest BCUT2D eigenvalue weighted by atomic mass is 10.0. The van der Waals surface area contributed by atoms with Gasteiger partial charge in [-0.15, -0.1) is 0 Å². The summed E-state index contributed by atoms with van der Waals surface area (Å²) in [5.41, 5.74) is 4.58. The number of likely N-dealkylation sites (N-methyl/N-ethyl adjacent to an activating group) is 1. The molecular formula is C25H29N5O3. The normalized spacial score (nSPS) is 13.2. The molecule has 0 unspecified atom stereocenters. The van der Waals surface area contributed by atoms with Crippen molar-refractivity contribution in [2.45, 2.75) is 53.0 Å². The third-order valence-electron chi connectivity index (χ3n) is 6.16. The number of hydrogen-bond acceptors (Lipinski definition) is 6. The molecule has 0 atom stereocenters. The molecule has 8 heteroatoms. The maximum Gasteiger partial charge on any atom is 0.228 e. The van der Waals surface area contributed by atoms with Crippen LogP contribution in [0.5, 0.6) is 0 Å². The zero-order chi connectivity index (χ0) is 23.5. The van der Waals surface area contributed by atoms with Gasteiger partial charge in [-0.2, -0.15) is 0 Å². The molecule has 1 aliphatic heterocycles. The molecule has 172 valence electrons. The summed E-state index contributed by atoms with van der Waals surface area (Å²) in [5, 5.41) is 3.92. The van der Waals surface area contributed by atoms with Crippen LogP contribution in [-0.4, -0.2) is 45.4 Å². The van der Waals surface area contributed by atoms with Crippen molar-refractivity contribution in [3.8, 4) is 0 Å². The van der Waals surface area contributed by atoms with E-state index in [1.54, 1.807) is 23.8 Å². The smallest absolute Gasteiger partial charge is 0.228 e. The highest BCUT2D eigenvalue weighted by Crippen LogP contribution is 2.28. The highest BCUT2D eigenvalue weighted by molar-refractivity contribution is 5.95. The van der Waals surface area contributed by atoms with Gasteiger partial charge < -0.3 is 9.42 Å². The number of aryl methyl sites for hydroxylation is 3. The van der Waals surface area contributed by atoms with Gasteiger partial charge in [0, 0.05) is 36.8 Å². The Hall–Kier alpha value is -3.55. The van der Waals surface area contributed by atoms with Crippen molar-refractivity contribution in [1.82, 2.24) is 20.0 Å². The van der Waals surface area contributed by atoms with E-state index in [1.807, 2.05) is 32.0 Å². The number of anilines is 1. The number of hydrogen-bond donors (Lipinski definition) is 0. The summed E-state index contributed by atoms with van der Waals surface area (Å²) >= 11 is 0. The summed E-state index contributed by atoms with van der Waals surface area (Å²) in [6.07, 6.45) is 2.06. The summed E-state index contributed by atoms with van der Waals surface area (Å²) in [7, 11) is 1.73. The molecule has 0 N–H and O–H groups in total. The fourth-order valence-electron chi connectivity index (χ4n) is 4.17. The lowest BCUT2D eigenvalue weighted by Gasteiger charge is -2.30. The molecule has 8 nitrogen and oxygen atoms in total. The van der Waals surface area contributed by atoms with Crippen molar-refractivity contribution in [2.75, 3.05) is 18.5 Å². The Kier molecular flexibility index (Phi) is 6.53. The first-order valence-electron chi connectivity index (χ1n) is 11.2. The van der Waals surface area contributed by atoms with E-state index >= 15 is 0 Å². The molecule has 0 saturated carbocycles. The van der Waals surface area contributed by atoms with E-state index in [1.165, 1.54) is 5.56 Å². The van der Waals surface area contributed by atoms with Gasteiger partial charge in [0.2, 0.25) is 11.8 Å². The molecule has 4 rings (SSSR count). The number of carbonyl (C=O) groups excluding carboxylic acids is 2. The molecule has 0 spiro atoms. The Morgan fingerprint density at radius 3 is 2.55 bits per heavy atom. The highest BCUT2D eigenvalue weighted by atomic mass is 16.5. The van der Waals surface area contributed by atoms with Crippen molar-refractivity contribution >= 4 is 17.6 Å².